The number of aromatic nitrogens is 2. The molecule has 2 aromatic rings. The maximum atomic E-state index is 12.3. The Morgan fingerprint density at radius 3 is 2.83 bits per heavy atom. The van der Waals surface area contributed by atoms with E-state index in [-0.39, 0.29) is 11.9 Å². The van der Waals surface area contributed by atoms with Crippen molar-refractivity contribution >= 4 is 27.8 Å². The van der Waals surface area contributed by atoms with Crippen LogP contribution in [0.2, 0.25) is 0 Å². The van der Waals surface area contributed by atoms with Gasteiger partial charge in [0.1, 0.15) is 5.75 Å². The smallest absolute Gasteiger partial charge is 0.223 e. The van der Waals surface area contributed by atoms with Crippen LogP contribution in [-0.4, -0.2) is 47.0 Å². The van der Waals surface area contributed by atoms with Crippen molar-refractivity contribution in [3.8, 4) is 5.75 Å². The second-order valence-electron chi connectivity index (χ2n) is 5.67. The fraction of sp³-hybridized carbons (Fsp3) is 0.353. The van der Waals surface area contributed by atoms with Crippen molar-refractivity contribution in [1.29, 1.82) is 0 Å². The highest BCUT2D eigenvalue weighted by atomic mass is 79.9. The predicted octanol–water partition coefficient (Wildman–Crippen LogP) is 2.50. The van der Waals surface area contributed by atoms with E-state index >= 15 is 0 Å². The van der Waals surface area contributed by atoms with Crippen LogP contribution in [0.1, 0.15) is 12.0 Å². The predicted molar refractivity (Wildman–Crippen MR) is 95.0 cm³/mol. The van der Waals surface area contributed by atoms with Crippen LogP contribution in [0.15, 0.2) is 41.1 Å². The highest BCUT2D eigenvalue weighted by Gasteiger charge is 2.30. The normalized spacial score (nSPS) is 14.2. The van der Waals surface area contributed by atoms with Crippen molar-refractivity contribution < 1.29 is 9.53 Å². The standard InChI is InChI=1S/C17H19BrN4O2/c1-24-15-5-4-13(18)9-12(15)3-6-16(23)22-10-14(11-22)21-17-19-7-2-8-20-17/h2,4-5,7-9,14H,3,6,10-11H2,1H3,(H,19,20,21). The summed E-state index contributed by atoms with van der Waals surface area (Å²) in [5.41, 5.74) is 1.04. The highest BCUT2D eigenvalue weighted by Crippen LogP contribution is 2.25. The number of amides is 1. The Morgan fingerprint density at radius 2 is 2.12 bits per heavy atom. The number of benzene rings is 1. The van der Waals surface area contributed by atoms with E-state index in [0.29, 0.717) is 31.9 Å². The second-order valence-corrected chi connectivity index (χ2v) is 6.58. The van der Waals surface area contributed by atoms with Gasteiger partial charge in [-0.1, -0.05) is 15.9 Å². The molecule has 0 aliphatic carbocycles. The minimum atomic E-state index is 0.157. The number of anilines is 1. The Hall–Kier alpha value is -2.15. The zero-order valence-corrected chi connectivity index (χ0v) is 15.0. The van der Waals surface area contributed by atoms with Gasteiger partial charge in [-0.3, -0.25) is 4.79 Å². The summed E-state index contributed by atoms with van der Waals surface area (Å²) in [6, 6.07) is 7.84. The van der Waals surface area contributed by atoms with E-state index in [1.54, 1.807) is 25.6 Å². The molecule has 0 saturated carbocycles. The van der Waals surface area contributed by atoms with Gasteiger partial charge in [0.2, 0.25) is 11.9 Å². The van der Waals surface area contributed by atoms with E-state index in [1.165, 1.54) is 0 Å². The minimum Gasteiger partial charge on any atom is -0.496 e. The average Bonchev–Trinajstić information content (AvgIpc) is 2.56. The van der Waals surface area contributed by atoms with Gasteiger partial charge >= 0.3 is 0 Å². The van der Waals surface area contributed by atoms with E-state index in [9.17, 15) is 4.79 Å². The van der Waals surface area contributed by atoms with Gasteiger partial charge in [-0.25, -0.2) is 9.97 Å². The molecule has 6 nitrogen and oxygen atoms in total. The van der Waals surface area contributed by atoms with Crippen molar-refractivity contribution in [2.45, 2.75) is 18.9 Å². The summed E-state index contributed by atoms with van der Waals surface area (Å²) in [4.78, 5) is 22.4. The van der Waals surface area contributed by atoms with Gasteiger partial charge in [-0.15, -0.1) is 0 Å². The number of carbonyl (C=O) groups excluding carboxylic acids is 1. The SMILES string of the molecule is COc1ccc(Br)cc1CCC(=O)N1CC(Nc2ncccn2)C1. The molecule has 0 radical (unpaired) electrons. The van der Waals surface area contributed by atoms with Crippen molar-refractivity contribution in [3.05, 3.63) is 46.7 Å². The summed E-state index contributed by atoms with van der Waals surface area (Å²) in [5, 5.41) is 3.22. The number of ether oxygens (including phenoxy) is 1. The molecule has 24 heavy (non-hydrogen) atoms. The van der Waals surface area contributed by atoms with Crippen molar-refractivity contribution in [2.24, 2.45) is 0 Å². The minimum absolute atomic E-state index is 0.157. The lowest BCUT2D eigenvalue weighted by molar-refractivity contribution is -0.135. The summed E-state index contributed by atoms with van der Waals surface area (Å²) in [5.74, 6) is 1.58. The molecule has 0 bridgehead atoms. The lowest BCUT2D eigenvalue weighted by Crippen LogP contribution is -2.57. The third-order valence-corrected chi connectivity index (χ3v) is 4.48. The number of nitrogens with zero attached hydrogens (tertiary/aromatic N) is 3. The number of hydrogen-bond donors (Lipinski definition) is 1. The highest BCUT2D eigenvalue weighted by molar-refractivity contribution is 9.10. The van der Waals surface area contributed by atoms with Gasteiger partial charge in [-0.2, -0.15) is 0 Å². The first-order valence-corrected chi connectivity index (χ1v) is 8.59. The van der Waals surface area contributed by atoms with Gasteiger partial charge < -0.3 is 15.0 Å². The summed E-state index contributed by atoms with van der Waals surface area (Å²) < 4.78 is 6.34. The second kappa shape index (κ2) is 7.61. The van der Waals surface area contributed by atoms with Crippen molar-refractivity contribution in [2.75, 3.05) is 25.5 Å². The lowest BCUT2D eigenvalue weighted by atomic mass is 10.0. The Bertz CT molecular complexity index is 705. The Balaban J connectivity index is 1.47. The monoisotopic (exact) mass is 390 g/mol. The molecule has 0 unspecified atom stereocenters. The van der Waals surface area contributed by atoms with Crippen LogP contribution in [0.5, 0.6) is 5.75 Å². The van der Waals surface area contributed by atoms with E-state index in [0.717, 1.165) is 15.8 Å². The number of hydrogen-bond acceptors (Lipinski definition) is 5. The third kappa shape index (κ3) is 4.03. The quantitative estimate of drug-likeness (QED) is 0.820. The molecule has 7 heteroatoms. The molecule has 2 heterocycles. The number of methoxy groups -OCH3 is 1. The largest absolute Gasteiger partial charge is 0.496 e. The Labute approximate surface area is 149 Å². The third-order valence-electron chi connectivity index (χ3n) is 3.98. The molecule has 1 saturated heterocycles. The van der Waals surface area contributed by atoms with Crippen molar-refractivity contribution in [3.63, 3.8) is 0 Å². The number of rotatable bonds is 6. The fourth-order valence-electron chi connectivity index (χ4n) is 2.67. The van der Waals surface area contributed by atoms with Crippen LogP contribution in [0, 0.1) is 0 Å². The molecular weight excluding hydrogens is 372 g/mol. The first kappa shape index (κ1) is 16.7. The molecule has 1 amide bonds. The topological polar surface area (TPSA) is 67.3 Å². The van der Waals surface area contributed by atoms with Crippen LogP contribution < -0.4 is 10.1 Å². The maximum absolute atomic E-state index is 12.3. The summed E-state index contributed by atoms with van der Waals surface area (Å²) in [6.45, 7) is 1.37. The van der Waals surface area contributed by atoms with Crippen LogP contribution >= 0.6 is 15.9 Å². The number of nitrogens with one attached hydrogen (secondary N) is 1. The van der Waals surface area contributed by atoms with Crippen LogP contribution in [0.4, 0.5) is 5.95 Å². The first-order chi connectivity index (χ1) is 11.7. The Morgan fingerprint density at radius 1 is 1.38 bits per heavy atom. The van der Waals surface area contributed by atoms with E-state index in [4.69, 9.17) is 4.74 Å². The Kier molecular flexibility index (Phi) is 5.30. The molecule has 126 valence electrons. The molecule has 1 aliphatic rings. The van der Waals surface area contributed by atoms with Gasteiger partial charge in [0.25, 0.3) is 0 Å². The number of halogens is 1. The number of carbonyl (C=O) groups is 1. The molecular formula is C17H19BrN4O2. The molecule has 0 atom stereocenters. The van der Waals surface area contributed by atoms with Crippen LogP contribution in [0.25, 0.3) is 0 Å². The van der Waals surface area contributed by atoms with Crippen molar-refractivity contribution in [1.82, 2.24) is 14.9 Å². The summed E-state index contributed by atoms with van der Waals surface area (Å²) >= 11 is 3.45. The molecule has 1 aromatic heterocycles. The van der Waals surface area contributed by atoms with Gasteiger partial charge in [0, 0.05) is 36.4 Å². The zero-order chi connectivity index (χ0) is 16.9. The summed E-state index contributed by atoms with van der Waals surface area (Å²) in [6.07, 6.45) is 4.53. The molecule has 3 rings (SSSR count). The van der Waals surface area contributed by atoms with E-state index < -0.39 is 0 Å². The fourth-order valence-corrected chi connectivity index (χ4v) is 3.08. The molecule has 1 fully saturated rings. The average molecular weight is 391 g/mol. The van der Waals surface area contributed by atoms with E-state index in [2.05, 4.69) is 31.2 Å². The van der Waals surface area contributed by atoms with Gasteiger partial charge in [0.05, 0.1) is 13.2 Å². The molecule has 1 aliphatic heterocycles. The lowest BCUT2D eigenvalue weighted by Gasteiger charge is -2.39. The number of likely N-dealkylation sites (tertiary alicyclic amines) is 1. The van der Waals surface area contributed by atoms with Gasteiger partial charge in [-0.05, 0) is 36.2 Å². The van der Waals surface area contributed by atoms with Crippen LogP contribution in [0.3, 0.4) is 0 Å². The molecule has 1 N–H and O–H groups in total. The first-order valence-electron chi connectivity index (χ1n) is 7.79. The molecule has 0 spiro atoms. The zero-order valence-electron chi connectivity index (χ0n) is 13.4. The maximum Gasteiger partial charge on any atom is 0.223 e. The van der Waals surface area contributed by atoms with E-state index in [1.807, 2.05) is 23.1 Å². The summed E-state index contributed by atoms with van der Waals surface area (Å²) in [7, 11) is 1.64. The van der Waals surface area contributed by atoms with Crippen LogP contribution in [-0.2, 0) is 11.2 Å². The number of aryl methyl sites for hydroxylation is 1. The molecule has 1 aromatic carbocycles. The van der Waals surface area contributed by atoms with Gasteiger partial charge in [0.15, 0.2) is 0 Å².